The van der Waals surface area contributed by atoms with E-state index in [1.165, 1.54) is 18.5 Å². The van der Waals surface area contributed by atoms with Crippen molar-refractivity contribution in [3.05, 3.63) is 93.4 Å². The SMILES string of the molecule is Cc1cc(C(C)Nc2ccc(C3CC3)nc2)c2oc(-c3ccccc3)c(C)c(=O)c2c1. The van der Waals surface area contributed by atoms with Crippen LogP contribution in [0.1, 0.15) is 54.1 Å². The van der Waals surface area contributed by atoms with Crippen LogP contribution in [0, 0.1) is 13.8 Å². The number of nitrogens with zero attached hydrogens (tertiary/aromatic N) is 1. The van der Waals surface area contributed by atoms with Gasteiger partial charge in [-0.3, -0.25) is 9.78 Å². The summed E-state index contributed by atoms with van der Waals surface area (Å²) in [4.78, 5) is 17.8. The first kappa shape index (κ1) is 19.6. The van der Waals surface area contributed by atoms with Crippen molar-refractivity contribution in [1.29, 1.82) is 0 Å². The number of aromatic nitrogens is 1. The Hall–Kier alpha value is -3.40. The number of fused-ring (bicyclic) bond motifs is 1. The molecule has 0 saturated heterocycles. The Morgan fingerprint density at radius 2 is 1.84 bits per heavy atom. The van der Waals surface area contributed by atoms with Gasteiger partial charge >= 0.3 is 0 Å². The largest absolute Gasteiger partial charge is 0.455 e. The fraction of sp³-hybridized carbons (Fsp3) is 0.259. The second-order valence-electron chi connectivity index (χ2n) is 8.59. The summed E-state index contributed by atoms with van der Waals surface area (Å²) in [5, 5.41) is 4.16. The first-order chi connectivity index (χ1) is 15.0. The Bertz CT molecular complexity index is 1300. The van der Waals surface area contributed by atoms with E-state index in [4.69, 9.17) is 4.42 Å². The van der Waals surface area contributed by atoms with E-state index in [1.807, 2.05) is 56.4 Å². The van der Waals surface area contributed by atoms with Gasteiger partial charge in [0.15, 0.2) is 5.43 Å². The molecule has 1 saturated carbocycles. The van der Waals surface area contributed by atoms with Gasteiger partial charge in [-0.2, -0.15) is 0 Å². The van der Waals surface area contributed by atoms with Crippen LogP contribution in [0.5, 0.6) is 0 Å². The molecule has 2 heterocycles. The summed E-state index contributed by atoms with van der Waals surface area (Å²) in [7, 11) is 0. The molecule has 1 N–H and O–H groups in total. The lowest BCUT2D eigenvalue weighted by atomic mass is 9.99. The van der Waals surface area contributed by atoms with Gasteiger partial charge in [0, 0.05) is 28.3 Å². The van der Waals surface area contributed by atoms with Crippen molar-refractivity contribution in [1.82, 2.24) is 4.98 Å². The number of hydrogen-bond donors (Lipinski definition) is 1. The predicted molar refractivity (Wildman–Crippen MR) is 126 cm³/mol. The van der Waals surface area contributed by atoms with Crippen molar-refractivity contribution in [3.63, 3.8) is 0 Å². The van der Waals surface area contributed by atoms with Crippen molar-refractivity contribution >= 4 is 16.7 Å². The van der Waals surface area contributed by atoms with Crippen molar-refractivity contribution in [2.45, 2.75) is 45.6 Å². The molecule has 0 radical (unpaired) electrons. The molecule has 0 amide bonds. The van der Waals surface area contributed by atoms with E-state index in [0.29, 0.717) is 28.2 Å². The highest BCUT2D eigenvalue weighted by Gasteiger charge is 2.24. The molecule has 5 rings (SSSR count). The maximum atomic E-state index is 13.2. The van der Waals surface area contributed by atoms with E-state index in [1.54, 1.807) is 0 Å². The van der Waals surface area contributed by atoms with Crippen molar-refractivity contribution in [2.75, 3.05) is 5.32 Å². The smallest absolute Gasteiger partial charge is 0.196 e. The minimum absolute atomic E-state index is 0.0210. The van der Waals surface area contributed by atoms with E-state index < -0.39 is 0 Å². The molecule has 31 heavy (non-hydrogen) atoms. The third-order valence-corrected chi connectivity index (χ3v) is 6.06. The summed E-state index contributed by atoms with van der Waals surface area (Å²) in [6.45, 7) is 5.94. The summed E-state index contributed by atoms with van der Waals surface area (Å²) in [6.07, 6.45) is 4.39. The van der Waals surface area contributed by atoms with Gasteiger partial charge in [-0.15, -0.1) is 0 Å². The highest BCUT2D eigenvalue weighted by atomic mass is 16.3. The van der Waals surface area contributed by atoms with E-state index in [9.17, 15) is 4.79 Å². The predicted octanol–water partition coefficient (Wildman–Crippen LogP) is 6.52. The first-order valence-corrected chi connectivity index (χ1v) is 10.9. The molecule has 1 aliphatic rings. The van der Waals surface area contributed by atoms with E-state index >= 15 is 0 Å². The summed E-state index contributed by atoms with van der Waals surface area (Å²) in [5.74, 6) is 1.27. The molecule has 4 aromatic rings. The standard InChI is InChI=1S/C27H26N2O2/c1-16-13-22(18(3)29-21-11-12-24(28-15-21)19-9-10-19)27-23(14-16)25(30)17(2)26(31-27)20-7-5-4-6-8-20/h4-8,11-15,18-19,29H,9-10H2,1-3H3. The number of pyridine rings is 1. The lowest BCUT2D eigenvalue weighted by molar-refractivity contribution is 0.605. The Kier molecular flexibility index (Phi) is 4.85. The molecule has 2 aromatic carbocycles. The van der Waals surface area contributed by atoms with Crippen LogP contribution in [0.4, 0.5) is 5.69 Å². The molecule has 0 bridgehead atoms. The molecule has 0 aliphatic heterocycles. The van der Waals surface area contributed by atoms with Crippen LogP contribution >= 0.6 is 0 Å². The van der Waals surface area contributed by atoms with Crippen molar-refractivity contribution in [3.8, 4) is 11.3 Å². The maximum Gasteiger partial charge on any atom is 0.196 e. The third-order valence-electron chi connectivity index (χ3n) is 6.06. The topological polar surface area (TPSA) is 55.1 Å². The highest BCUT2D eigenvalue weighted by Crippen LogP contribution is 2.39. The number of anilines is 1. The molecule has 2 aromatic heterocycles. The Morgan fingerprint density at radius 1 is 1.06 bits per heavy atom. The molecule has 1 aliphatic carbocycles. The lowest BCUT2D eigenvalue weighted by Crippen LogP contribution is -2.12. The molecule has 0 spiro atoms. The van der Waals surface area contributed by atoms with Gasteiger partial charge in [0.1, 0.15) is 11.3 Å². The molecule has 1 unspecified atom stereocenters. The lowest BCUT2D eigenvalue weighted by Gasteiger charge is -2.19. The Balaban J connectivity index is 1.58. The fourth-order valence-corrected chi connectivity index (χ4v) is 4.19. The minimum Gasteiger partial charge on any atom is -0.455 e. The first-order valence-electron chi connectivity index (χ1n) is 10.9. The summed E-state index contributed by atoms with van der Waals surface area (Å²) < 4.78 is 6.41. The monoisotopic (exact) mass is 410 g/mol. The van der Waals surface area contributed by atoms with Crippen LogP contribution in [0.15, 0.2) is 70.0 Å². The average Bonchev–Trinajstić information content (AvgIpc) is 3.63. The number of aryl methyl sites for hydroxylation is 1. The normalized spacial score (nSPS) is 14.5. The molecule has 4 heteroatoms. The number of hydrogen-bond acceptors (Lipinski definition) is 4. The molecule has 156 valence electrons. The average molecular weight is 411 g/mol. The molecular formula is C27H26N2O2. The van der Waals surface area contributed by atoms with Gasteiger partial charge in [-0.25, -0.2) is 0 Å². The van der Waals surface area contributed by atoms with Crippen LogP contribution in [-0.2, 0) is 0 Å². The van der Waals surface area contributed by atoms with Crippen LogP contribution in [-0.4, -0.2) is 4.98 Å². The Labute approximate surface area is 182 Å². The molecular weight excluding hydrogens is 384 g/mol. The zero-order valence-corrected chi connectivity index (χ0v) is 18.1. The maximum absolute atomic E-state index is 13.2. The number of rotatable bonds is 5. The second kappa shape index (κ2) is 7.69. The zero-order chi connectivity index (χ0) is 21.5. The fourth-order valence-electron chi connectivity index (χ4n) is 4.19. The number of benzene rings is 2. The summed E-state index contributed by atoms with van der Waals surface area (Å²) >= 11 is 0. The minimum atomic E-state index is -0.0505. The summed E-state index contributed by atoms with van der Waals surface area (Å²) in [6, 6.07) is 18.0. The Morgan fingerprint density at radius 3 is 2.52 bits per heavy atom. The van der Waals surface area contributed by atoms with Crippen molar-refractivity contribution < 1.29 is 4.42 Å². The van der Waals surface area contributed by atoms with Crippen LogP contribution in [0.2, 0.25) is 0 Å². The number of nitrogens with one attached hydrogen (secondary N) is 1. The summed E-state index contributed by atoms with van der Waals surface area (Å²) in [5.41, 5.74) is 6.35. The van der Waals surface area contributed by atoms with Crippen LogP contribution in [0.25, 0.3) is 22.3 Å². The third kappa shape index (κ3) is 3.74. The van der Waals surface area contributed by atoms with Crippen LogP contribution < -0.4 is 10.7 Å². The van der Waals surface area contributed by atoms with E-state index in [2.05, 4.69) is 35.4 Å². The highest BCUT2D eigenvalue weighted by molar-refractivity contribution is 5.84. The van der Waals surface area contributed by atoms with Gasteiger partial charge in [0.25, 0.3) is 0 Å². The second-order valence-corrected chi connectivity index (χ2v) is 8.59. The molecule has 1 atom stereocenters. The van der Waals surface area contributed by atoms with Gasteiger partial charge in [0.2, 0.25) is 0 Å². The molecule has 4 nitrogen and oxygen atoms in total. The van der Waals surface area contributed by atoms with Crippen LogP contribution in [0.3, 0.4) is 0 Å². The quantitative estimate of drug-likeness (QED) is 0.407. The van der Waals surface area contributed by atoms with Gasteiger partial charge in [-0.05, 0) is 57.4 Å². The van der Waals surface area contributed by atoms with E-state index in [0.717, 1.165) is 22.4 Å². The molecule has 1 fully saturated rings. The van der Waals surface area contributed by atoms with Crippen molar-refractivity contribution in [2.24, 2.45) is 0 Å². The van der Waals surface area contributed by atoms with Gasteiger partial charge in [0.05, 0.1) is 23.3 Å². The van der Waals surface area contributed by atoms with Gasteiger partial charge in [-0.1, -0.05) is 36.4 Å². The van der Waals surface area contributed by atoms with E-state index in [-0.39, 0.29) is 11.5 Å². The van der Waals surface area contributed by atoms with Gasteiger partial charge < -0.3 is 9.73 Å². The zero-order valence-electron chi connectivity index (χ0n) is 18.1.